The molecule has 0 fully saturated rings. The normalized spacial score (nSPS) is 9.18. The van der Waals surface area contributed by atoms with Crippen molar-refractivity contribution in [3.8, 4) is 5.88 Å². The van der Waals surface area contributed by atoms with Crippen LogP contribution in [0.1, 0.15) is 17.3 Å². The van der Waals surface area contributed by atoms with Crippen molar-refractivity contribution in [2.75, 3.05) is 6.61 Å². The van der Waals surface area contributed by atoms with Gasteiger partial charge in [0, 0.05) is 6.20 Å². The number of nitrogens with zero attached hydrogens (tertiary/aromatic N) is 2. The van der Waals surface area contributed by atoms with Crippen LogP contribution in [0.25, 0.3) is 0 Å². The number of aldehydes is 1. The molecule has 0 aliphatic heterocycles. The zero-order valence-corrected chi connectivity index (χ0v) is 6.15. The van der Waals surface area contributed by atoms with E-state index in [1.165, 1.54) is 12.5 Å². The van der Waals surface area contributed by atoms with Gasteiger partial charge in [0.15, 0.2) is 6.29 Å². The number of hydrogen-bond acceptors (Lipinski definition) is 4. The topological polar surface area (TPSA) is 52.1 Å². The first-order valence-electron chi connectivity index (χ1n) is 3.26. The van der Waals surface area contributed by atoms with E-state index in [2.05, 4.69) is 9.97 Å². The molecule has 0 radical (unpaired) electrons. The fraction of sp³-hybridized carbons (Fsp3) is 0.286. The summed E-state index contributed by atoms with van der Waals surface area (Å²) in [5.74, 6) is 0.345. The zero-order chi connectivity index (χ0) is 8.10. The first-order chi connectivity index (χ1) is 5.38. The number of carbonyl (C=O) groups excluding carboxylic acids is 1. The Kier molecular flexibility index (Phi) is 2.54. The smallest absolute Gasteiger partial charge is 0.227 e. The molecule has 0 aliphatic rings. The first-order valence-corrected chi connectivity index (χ1v) is 3.26. The van der Waals surface area contributed by atoms with Gasteiger partial charge in [0.1, 0.15) is 6.33 Å². The van der Waals surface area contributed by atoms with Crippen molar-refractivity contribution in [1.29, 1.82) is 0 Å². The average Bonchev–Trinajstić information content (AvgIpc) is 2.06. The van der Waals surface area contributed by atoms with Crippen molar-refractivity contribution in [3.63, 3.8) is 0 Å². The molecule has 4 nitrogen and oxygen atoms in total. The van der Waals surface area contributed by atoms with Gasteiger partial charge in [-0.05, 0) is 6.92 Å². The van der Waals surface area contributed by atoms with E-state index in [9.17, 15) is 4.79 Å². The molecule has 0 aromatic carbocycles. The maximum atomic E-state index is 10.3. The molecule has 0 N–H and O–H groups in total. The molecular weight excluding hydrogens is 144 g/mol. The van der Waals surface area contributed by atoms with Crippen LogP contribution in [0.3, 0.4) is 0 Å². The molecule has 1 rings (SSSR count). The Hall–Kier alpha value is -1.45. The summed E-state index contributed by atoms with van der Waals surface area (Å²) in [6, 6.07) is 0. The van der Waals surface area contributed by atoms with Gasteiger partial charge in [-0.25, -0.2) is 9.97 Å². The minimum absolute atomic E-state index is 0.345. The number of carbonyl (C=O) groups is 1. The fourth-order valence-corrected chi connectivity index (χ4v) is 0.667. The second kappa shape index (κ2) is 3.65. The van der Waals surface area contributed by atoms with Crippen LogP contribution in [0.15, 0.2) is 12.5 Å². The van der Waals surface area contributed by atoms with Crippen molar-refractivity contribution in [3.05, 3.63) is 18.1 Å². The highest BCUT2D eigenvalue weighted by atomic mass is 16.5. The van der Waals surface area contributed by atoms with E-state index in [4.69, 9.17) is 4.74 Å². The third kappa shape index (κ3) is 1.73. The summed E-state index contributed by atoms with van der Waals surface area (Å²) in [6.07, 6.45) is 3.44. The molecule has 1 aromatic rings. The summed E-state index contributed by atoms with van der Waals surface area (Å²) < 4.78 is 5.05. The Morgan fingerprint density at radius 2 is 2.55 bits per heavy atom. The van der Waals surface area contributed by atoms with Gasteiger partial charge in [0.05, 0.1) is 12.2 Å². The number of hydrogen-bond donors (Lipinski definition) is 0. The molecule has 1 aromatic heterocycles. The summed E-state index contributed by atoms with van der Waals surface area (Å²) in [5, 5.41) is 0. The average molecular weight is 152 g/mol. The van der Waals surface area contributed by atoms with Crippen LogP contribution in [0.4, 0.5) is 0 Å². The molecule has 58 valence electrons. The summed E-state index contributed by atoms with van der Waals surface area (Å²) >= 11 is 0. The Bertz CT molecular complexity index is 250. The largest absolute Gasteiger partial charge is 0.477 e. The van der Waals surface area contributed by atoms with Crippen LogP contribution in [0, 0.1) is 0 Å². The van der Waals surface area contributed by atoms with Crippen molar-refractivity contribution >= 4 is 6.29 Å². The molecule has 0 aliphatic carbocycles. The van der Waals surface area contributed by atoms with Crippen molar-refractivity contribution in [1.82, 2.24) is 9.97 Å². The molecule has 0 unspecified atom stereocenters. The van der Waals surface area contributed by atoms with Crippen molar-refractivity contribution < 1.29 is 9.53 Å². The van der Waals surface area contributed by atoms with Crippen LogP contribution in [-0.2, 0) is 0 Å². The standard InChI is InChI=1S/C7H8N2O2/c1-2-11-7-6(4-10)3-8-5-9-7/h3-5H,2H2,1H3. The third-order valence-electron chi connectivity index (χ3n) is 1.11. The molecular formula is C7H8N2O2. The Morgan fingerprint density at radius 1 is 1.73 bits per heavy atom. The maximum Gasteiger partial charge on any atom is 0.227 e. The summed E-state index contributed by atoms with van der Waals surface area (Å²) in [5.41, 5.74) is 0.384. The van der Waals surface area contributed by atoms with Crippen LogP contribution in [0.5, 0.6) is 5.88 Å². The van der Waals surface area contributed by atoms with Gasteiger partial charge in [-0.1, -0.05) is 0 Å². The van der Waals surface area contributed by atoms with Crippen molar-refractivity contribution in [2.24, 2.45) is 0 Å². The van der Waals surface area contributed by atoms with Gasteiger partial charge in [0.2, 0.25) is 5.88 Å². The third-order valence-corrected chi connectivity index (χ3v) is 1.11. The molecule has 1 heterocycles. The second-order valence-corrected chi connectivity index (χ2v) is 1.83. The van der Waals surface area contributed by atoms with Crippen LogP contribution in [-0.4, -0.2) is 22.9 Å². The highest BCUT2D eigenvalue weighted by Crippen LogP contribution is 2.08. The summed E-state index contributed by atoms with van der Waals surface area (Å²) in [7, 11) is 0. The van der Waals surface area contributed by atoms with Gasteiger partial charge in [-0.3, -0.25) is 4.79 Å². The Labute approximate surface area is 64.2 Å². The molecule has 0 atom stereocenters. The van der Waals surface area contributed by atoms with E-state index in [1.54, 1.807) is 0 Å². The maximum absolute atomic E-state index is 10.3. The minimum Gasteiger partial charge on any atom is -0.477 e. The molecule has 4 heteroatoms. The molecule has 0 saturated heterocycles. The molecule has 0 spiro atoms. The lowest BCUT2D eigenvalue weighted by molar-refractivity contribution is 0.111. The summed E-state index contributed by atoms with van der Waals surface area (Å²) in [6.45, 7) is 2.33. The fourth-order valence-electron chi connectivity index (χ4n) is 0.667. The van der Waals surface area contributed by atoms with Crippen LogP contribution in [0.2, 0.25) is 0 Å². The lowest BCUT2D eigenvalue weighted by atomic mass is 10.4. The second-order valence-electron chi connectivity index (χ2n) is 1.83. The van der Waals surface area contributed by atoms with E-state index in [0.717, 1.165) is 0 Å². The molecule has 11 heavy (non-hydrogen) atoms. The zero-order valence-electron chi connectivity index (χ0n) is 6.15. The molecule has 0 bridgehead atoms. The number of ether oxygens (including phenoxy) is 1. The van der Waals surface area contributed by atoms with Gasteiger partial charge >= 0.3 is 0 Å². The van der Waals surface area contributed by atoms with Crippen LogP contribution < -0.4 is 4.74 Å². The molecule has 0 amide bonds. The molecule has 0 saturated carbocycles. The number of rotatable bonds is 3. The highest BCUT2D eigenvalue weighted by Gasteiger charge is 2.01. The summed E-state index contributed by atoms with van der Waals surface area (Å²) in [4.78, 5) is 17.8. The van der Waals surface area contributed by atoms with Gasteiger partial charge in [-0.15, -0.1) is 0 Å². The van der Waals surface area contributed by atoms with Gasteiger partial charge in [-0.2, -0.15) is 0 Å². The predicted molar refractivity (Wildman–Crippen MR) is 38.6 cm³/mol. The lowest BCUT2D eigenvalue weighted by Gasteiger charge is -2.01. The van der Waals surface area contributed by atoms with Crippen molar-refractivity contribution in [2.45, 2.75) is 6.92 Å². The van der Waals surface area contributed by atoms with E-state index < -0.39 is 0 Å². The quantitative estimate of drug-likeness (QED) is 0.598. The minimum atomic E-state index is 0.345. The predicted octanol–water partition coefficient (Wildman–Crippen LogP) is 0.688. The van der Waals surface area contributed by atoms with Gasteiger partial charge < -0.3 is 4.74 Å². The Balaban J connectivity index is 2.92. The SMILES string of the molecule is CCOc1ncncc1C=O. The lowest BCUT2D eigenvalue weighted by Crippen LogP contribution is -1.98. The van der Waals surface area contributed by atoms with Crippen LogP contribution >= 0.6 is 0 Å². The van der Waals surface area contributed by atoms with E-state index in [1.807, 2.05) is 6.92 Å². The van der Waals surface area contributed by atoms with Gasteiger partial charge in [0.25, 0.3) is 0 Å². The Morgan fingerprint density at radius 3 is 3.18 bits per heavy atom. The monoisotopic (exact) mass is 152 g/mol. The van der Waals surface area contributed by atoms with E-state index in [-0.39, 0.29) is 0 Å². The number of aromatic nitrogens is 2. The highest BCUT2D eigenvalue weighted by molar-refractivity contribution is 5.77. The van der Waals surface area contributed by atoms with E-state index in [0.29, 0.717) is 24.3 Å². The first kappa shape index (κ1) is 7.65. The van der Waals surface area contributed by atoms with E-state index >= 15 is 0 Å².